The number of alkyl halides is 3. The summed E-state index contributed by atoms with van der Waals surface area (Å²) in [5, 5.41) is 2.06. The van der Waals surface area contributed by atoms with E-state index in [1.807, 2.05) is 0 Å². The predicted octanol–water partition coefficient (Wildman–Crippen LogP) is 6.08. The van der Waals surface area contributed by atoms with Crippen LogP contribution >= 0.6 is 35.1 Å². The van der Waals surface area contributed by atoms with E-state index in [1.54, 1.807) is 25.1 Å². The molecule has 36 heavy (non-hydrogen) atoms. The monoisotopic (exact) mass is 582 g/mol. The van der Waals surface area contributed by atoms with Gasteiger partial charge in [-0.1, -0.05) is 42.3 Å². The number of hydrogen-bond acceptors (Lipinski definition) is 6. The number of sulfone groups is 1. The van der Waals surface area contributed by atoms with Gasteiger partial charge in [-0.25, -0.2) is 17.2 Å². The molecule has 0 aromatic heterocycles. The molecule has 2 atom stereocenters. The first-order valence-electron chi connectivity index (χ1n) is 11.1. The molecule has 5 nitrogen and oxygen atoms in total. The summed E-state index contributed by atoms with van der Waals surface area (Å²) < 4.78 is 90.9. The third-order valence-electron chi connectivity index (χ3n) is 6.73. The summed E-state index contributed by atoms with van der Waals surface area (Å²) in [6.07, 6.45) is -4.94. The highest BCUT2D eigenvalue weighted by Crippen LogP contribution is 2.58. The van der Waals surface area contributed by atoms with Crippen molar-refractivity contribution in [3.63, 3.8) is 0 Å². The lowest BCUT2D eigenvalue weighted by molar-refractivity contribution is -0.159. The van der Waals surface area contributed by atoms with Crippen LogP contribution in [0.4, 0.5) is 17.6 Å². The Morgan fingerprint density at radius 2 is 1.86 bits per heavy atom. The van der Waals surface area contributed by atoms with E-state index >= 15 is 0 Å². The molecule has 5 rings (SSSR count). The van der Waals surface area contributed by atoms with Crippen LogP contribution in [0, 0.1) is 5.82 Å². The summed E-state index contributed by atoms with van der Waals surface area (Å²) in [5.74, 6) is -1.08. The molecule has 0 bridgehead atoms. The van der Waals surface area contributed by atoms with Gasteiger partial charge in [-0.3, -0.25) is 0 Å². The Bertz CT molecular complexity index is 1360. The Morgan fingerprint density at radius 1 is 1.19 bits per heavy atom. The van der Waals surface area contributed by atoms with Crippen LogP contribution < -0.4 is 5.32 Å². The normalized spacial score (nSPS) is 25.1. The van der Waals surface area contributed by atoms with E-state index in [4.69, 9.17) is 27.9 Å². The van der Waals surface area contributed by atoms with Crippen molar-refractivity contribution in [2.45, 2.75) is 41.7 Å². The Labute approximate surface area is 219 Å². The average molecular weight is 583 g/mol. The van der Waals surface area contributed by atoms with Gasteiger partial charge in [-0.2, -0.15) is 13.2 Å². The van der Waals surface area contributed by atoms with E-state index in [0.29, 0.717) is 48.1 Å². The van der Waals surface area contributed by atoms with Crippen LogP contribution in [-0.2, 0) is 24.9 Å². The molecule has 2 aromatic carbocycles. The fraction of sp³-hybridized carbons (Fsp3) is 0.435. The number of fused-ring (bicyclic) bond motifs is 2. The number of halogens is 6. The van der Waals surface area contributed by atoms with Crippen LogP contribution in [0.15, 0.2) is 34.7 Å². The summed E-state index contributed by atoms with van der Waals surface area (Å²) in [6, 6.07) is 6.74. The van der Waals surface area contributed by atoms with Gasteiger partial charge in [0.15, 0.2) is 25.8 Å². The SMILES string of the molecule is CCCS(=O)(=O)C1OC2(CNC2)c2ccc(C3=NSC(c4cc(Cl)c(F)c(Cl)c4)(C(F)(F)F)C3)cc21. The number of rotatable bonds is 5. The first-order chi connectivity index (χ1) is 16.8. The third kappa shape index (κ3) is 3.97. The van der Waals surface area contributed by atoms with Gasteiger partial charge in [0.2, 0.25) is 0 Å². The molecular weight excluding hydrogens is 563 g/mol. The van der Waals surface area contributed by atoms with Gasteiger partial charge in [-0.15, -0.1) is 0 Å². The molecule has 1 saturated heterocycles. The van der Waals surface area contributed by atoms with Gasteiger partial charge in [-0.05, 0) is 53.3 Å². The van der Waals surface area contributed by atoms with E-state index in [1.165, 1.54) is 0 Å². The van der Waals surface area contributed by atoms with E-state index in [-0.39, 0.29) is 17.0 Å². The van der Waals surface area contributed by atoms with Crippen molar-refractivity contribution in [2.24, 2.45) is 4.40 Å². The van der Waals surface area contributed by atoms with Crippen molar-refractivity contribution in [3.8, 4) is 0 Å². The quantitative estimate of drug-likeness (QED) is 0.263. The minimum Gasteiger partial charge on any atom is -0.344 e. The average Bonchev–Trinajstić information content (AvgIpc) is 3.38. The zero-order valence-corrected chi connectivity index (χ0v) is 21.9. The van der Waals surface area contributed by atoms with Crippen molar-refractivity contribution < 1.29 is 30.7 Å². The summed E-state index contributed by atoms with van der Waals surface area (Å²) in [4.78, 5) is 0. The molecule has 13 heteroatoms. The fourth-order valence-corrected chi connectivity index (χ4v) is 7.96. The maximum absolute atomic E-state index is 14.5. The van der Waals surface area contributed by atoms with Gasteiger partial charge < -0.3 is 10.1 Å². The van der Waals surface area contributed by atoms with E-state index in [2.05, 4.69) is 9.71 Å². The molecule has 2 aromatic rings. The number of ether oxygens (including phenoxy) is 1. The molecule has 3 aliphatic rings. The molecule has 3 heterocycles. The van der Waals surface area contributed by atoms with Crippen LogP contribution in [0.2, 0.25) is 10.0 Å². The smallest absolute Gasteiger partial charge is 0.344 e. The highest BCUT2D eigenvalue weighted by Gasteiger charge is 2.60. The van der Waals surface area contributed by atoms with E-state index in [0.717, 1.165) is 12.1 Å². The van der Waals surface area contributed by atoms with E-state index in [9.17, 15) is 26.0 Å². The highest BCUT2D eigenvalue weighted by atomic mass is 35.5. The zero-order chi connectivity index (χ0) is 26.1. The van der Waals surface area contributed by atoms with Crippen molar-refractivity contribution >= 4 is 50.7 Å². The minimum absolute atomic E-state index is 0.0785. The molecule has 1 spiro atoms. The Kier molecular flexibility index (Phi) is 6.45. The predicted molar refractivity (Wildman–Crippen MR) is 132 cm³/mol. The van der Waals surface area contributed by atoms with Crippen molar-refractivity contribution in [3.05, 3.63) is 68.4 Å². The highest BCUT2D eigenvalue weighted by molar-refractivity contribution is 7.99. The topological polar surface area (TPSA) is 67.8 Å². The number of hydrogen-bond donors (Lipinski definition) is 1. The summed E-state index contributed by atoms with van der Waals surface area (Å²) in [7, 11) is -3.65. The van der Waals surface area contributed by atoms with E-state index < -0.39 is 54.1 Å². The summed E-state index contributed by atoms with van der Waals surface area (Å²) >= 11 is 11.9. The molecule has 2 unspecified atom stereocenters. The molecule has 0 aliphatic carbocycles. The molecule has 194 valence electrons. The lowest BCUT2D eigenvalue weighted by atomic mass is 9.85. The van der Waals surface area contributed by atoms with Crippen LogP contribution in [-0.4, -0.2) is 39.1 Å². The van der Waals surface area contributed by atoms with Gasteiger partial charge >= 0.3 is 6.18 Å². The van der Waals surface area contributed by atoms with Gasteiger partial charge in [0.25, 0.3) is 0 Å². The summed E-state index contributed by atoms with van der Waals surface area (Å²) in [6.45, 7) is 2.63. The molecule has 0 saturated carbocycles. The largest absolute Gasteiger partial charge is 0.409 e. The fourth-order valence-electron chi connectivity index (χ4n) is 4.82. The Morgan fingerprint density at radius 3 is 2.42 bits per heavy atom. The second-order valence-electron chi connectivity index (χ2n) is 9.10. The third-order valence-corrected chi connectivity index (χ3v) is 10.5. The molecule has 1 fully saturated rings. The lowest BCUT2D eigenvalue weighted by Crippen LogP contribution is -2.57. The molecule has 0 amide bonds. The van der Waals surface area contributed by atoms with Crippen LogP contribution in [0.1, 0.15) is 47.5 Å². The van der Waals surface area contributed by atoms with Crippen molar-refractivity contribution in [1.82, 2.24) is 5.32 Å². The Balaban J connectivity index is 1.55. The second-order valence-corrected chi connectivity index (χ2v) is 13.1. The standard InChI is InChI=1S/C23H20Cl2F4N2O3S2/c1-2-5-36(32,33)20-14-6-12(3-4-15(14)21(34-20)10-30-11-21)18-9-22(35-31-18,23(27,28)29)13-7-16(24)19(26)17(25)8-13/h3-4,6-8,20,30H,2,5,9-11H2,1H3. The molecule has 1 N–H and O–H groups in total. The van der Waals surface area contributed by atoms with Gasteiger partial charge in [0.05, 0.1) is 21.5 Å². The van der Waals surface area contributed by atoms with Crippen LogP contribution in [0.3, 0.4) is 0 Å². The number of nitrogens with one attached hydrogen (secondary N) is 1. The Hall–Kier alpha value is -1.37. The zero-order valence-electron chi connectivity index (χ0n) is 18.8. The van der Waals surface area contributed by atoms with Gasteiger partial charge in [0.1, 0.15) is 5.60 Å². The minimum atomic E-state index is -4.78. The second kappa shape index (κ2) is 8.84. The molecule has 3 aliphatic heterocycles. The lowest BCUT2D eigenvalue weighted by Gasteiger charge is -2.39. The first-order valence-corrected chi connectivity index (χ1v) is 14.3. The van der Waals surface area contributed by atoms with Crippen LogP contribution in [0.5, 0.6) is 0 Å². The molecule has 0 radical (unpaired) electrons. The maximum atomic E-state index is 14.5. The van der Waals surface area contributed by atoms with Crippen LogP contribution in [0.25, 0.3) is 0 Å². The van der Waals surface area contributed by atoms with Gasteiger partial charge in [0, 0.05) is 25.1 Å². The maximum Gasteiger partial charge on any atom is 0.409 e. The van der Waals surface area contributed by atoms with Crippen molar-refractivity contribution in [2.75, 3.05) is 18.8 Å². The molecular formula is C23H20Cl2F4N2O3S2. The number of nitrogens with zero attached hydrogens (tertiary/aromatic N) is 1. The number of benzene rings is 2. The summed E-state index contributed by atoms with van der Waals surface area (Å²) in [5.41, 5.74) is -0.683. The van der Waals surface area contributed by atoms with Crippen molar-refractivity contribution in [1.29, 1.82) is 0 Å². The first kappa shape index (κ1) is 26.2.